The number of fused-ring (bicyclic) bond motifs is 1. The zero-order chi connectivity index (χ0) is 20.1. The van der Waals surface area contributed by atoms with E-state index in [1.54, 1.807) is 28.4 Å². The lowest BCUT2D eigenvalue weighted by atomic mass is 10.3. The molecule has 2 heterocycles. The quantitative estimate of drug-likeness (QED) is 0.567. The van der Waals surface area contributed by atoms with Crippen molar-refractivity contribution in [2.45, 2.75) is 33.9 Å². The minimum Gasteiger partial charge on any atom is -0.494 e. The highest BCUT2D eigenvalue weighted by molar-refractivity contribution is 7.16. The van der Waals surface area contributed by atoms with Gasteiger partial charge in [0.05, 0.1) is 23.4 Å². The lowest BCUT2D eigenvalue weighted by Crippen LogP contribution is -2.23. The first kappa shape index (κ1) is 19.8. The van der Waals surface area contributed by atoms with Crippen molar-refractivity contribution >= 4 is 33.4 Å². The molecule has 3 aromatic rings. The van der Waals surface area contributed by atoms with Crippen LogP contribution in [0.3, 0.4) is 0 Å². The second-order valence-electron chi connectivity index (χ2n) is 5.81. The van der Waals surface area contributed by atoms with Crippen LogP contribution in [-0.4, -0.2) is 39.4 Å². The Morgan fingerprint density at radius 1 is 1.18 bits per heavy atom. The topological polar surface area (TPSA) is 87.7 Å². The normalized spacial score (nSPS) is 11.8. The highest BCUT2D eigenvalue weighted by Crippen LogP contribution is 2.23. The molecular formula is C19H22N4O4S. The average Bonchev–Trinajstić information content (AvgIpc) is 3.27. The monoisotopic (exact) mass is 402 g/mol. The van der Waals surface area contributed by atoms with Crippen LogP contribution in [0.15, 0.2) is 35.5 Å². The molecule has 148 valence electrons. The Morgan fingerprint density at radius 3 is 2.68 bits per heavy atom. The van der Waals surface area contributed by atoms with Crippen LogP contribution in [0.25, 0.3) is 10.2 Å². The third-order valence-electron chi connectivity index (χ3n) is 3.94. The SMILES string of the molecule is CCOC(=O)Cn1c(=NC(=O)c2ccn(CC)n2)sc2cc(OCC)ccc21. The van der Waals surface area contributed by atoms with E-state index in [0.717, 1.165) is 16.0 Å². The van der Waals surface area contributed by atoms with Crippen LogP contribution in [-0.2, 0) is 22.6 Å². The molecule has 28 heavy (non-hydrogen) atoms. The van der Waals surface area contributed by atoms with E-state index in [1.807, 2.05) is 32.0 Å². The largest absolute Gasteiger partial charge is 0.494 e. The number of carbonyl (C=O) groups is 2. The van der Waals surface area contributed by atoms with E-state index in [9.17, 15) is 9.59 Å². The van der Waals surface area contributed by atoms with Crippen LogP contribution in [0, 0.1) is 0 Å². The van der Waals surface area contributed by atoms with Gasteiger partial charge in [-0.05, 0) is 45.0 Å². The minimum atomic E-state index is -0.457. The Morgan fingerprint density at radius 2 is 2.00 bits per heavy atom. The number of esters is 1. The van der Waals surface area contributed by atoms with E-state index >= 15 is 0 Å². The molecule has 2 aromatic heterocycles. The van der Waals surface area contributed by atoms with Gasteiger partial charge in [-0.25, -0.2) is 0 Å². The predicted molar refractivity (Wildman–Crippen MR) is 105 cm³/mol. The lowest BCUT2D eigenvalue weighted by Gasteiger charge is -2.06. The molecule has 9 heteroatoms. The molecule has 0 bridgehead atoms. The van der Waals surface area contributed by atoms with Gasteiger partial charge in [-0.3, -0.25) is 14.3 Å². The molecule has 3 rings (SSSR count). The van der Waals surface area contributed by atoms with E-state index in [0.29, 0.717) is 18.0 Å². The number of benzene rings is 1. The van der Waals surface area contributed by atoms with Gasteiger partial charge in [0.1, 0.15) is 12.3 Å². The van der Waals surface area contributed by atoms with Crippen molar-refractivity contribution < 1.29 is 19.1 Å². The number of thiazole rings is 1. The molecule has 1 amide bonds. The highest BCUT2D eigenvalue weighted by Gasteiger charge is 2.14. The third-order valence-corrected chi connectivity index (χ3v) is 4.98. The Bertz CT molecular complexity index is 1060. The van der Waals surface area contributed by atoms with Gasteiger partial charge < -0.3 is 14.0 Å². The van der Waals surface area contributed by atoms with E-state index in [-0.39, 0.29) is 24.8 Å². The highest BCUT2D eigenvalue weighted by atomic mass is 32.1. The van der Waals surface area contributed by atoms with Gasteiger partial charge in [-0.1, -0.05) is 11.3 Å². The number of hydrogen-bond donors (Lipinski definition) is 0. The summed E-state index contributed by atoms with van der Waals surface area (Å²) in [4.78, 5) is 29.3. The van der Waals surface area contributed by atoms with Crippen LogP contribution in [0.5, 0.6) is 5.75 Å². The van der Waals surface area contributed by atoms with Crippen LogP contribution in [0.2, 0.25) is 0 Å². The molecule has 0 N–H and O–H groups in total. The van der Waals surface area contributed by atoms with Crippen molar-refractivity contribution in [3.8, 4) is 5.75 Å². The fraction of sp³-hybridized carbons (Fsp3) is 0.368. The molecule has 0 saturated heterocycles. The van der Waals surface area contributed by atoms with E-state index in [1.165, 1.54) is 11.3 Å². The van der Waals surface area contributed by atoms with Gasteiger partial charge in [-0.2, -0.15) is 10.1 Å². The number of nitrogens with zero attached hydrogens (tertiary/aromatic N) is 4. The third kappa shape index (κ3) is 4.30. The van der Waals surface area contributed by atoms with Crippen molar-refractivity contribution in [1.29, 1.82) is 0 Å². The Balaban J connectivity index is 2.07. The number of amides is 1. The zero-order valence-corrected chi connectivity index (χ0v) is 16.9. The van der Waals surface area contributed by atoms with Gasteiger partial charge >= 0.3 is 5.97 Å². The molecule has 0 radical (unpaired) electrons. The molecule has 0 aliphatic carbocycles. The Kier molecular flexibility index (Phi) is 6.25. The molecular weight excluding hydrogens is 380 g/mol. The summed E-state index contributed by atoms with van der Waals surface area (Å²) >= 11 is 1.31. The maximum Gasteiger partial charge on any atom is 0.326 e. The van der Waals surface area contributed by atoms with Crippen LogP contribution >= 0.6 is 11.3 Å². The van der Waals surface area contributed by atoms with Gasteiger partial charge in [0.25, 0.3) is 5.91 Å². The molecule has 0 fully saturated rings. The summed E-state index contributed by atoms with van der Waals surface area (Å²) in [5.74, 6) is -0.124. The van der Waals surface area contributed by atoms with Crippen molar-refractivity contribution in [1.82, 2.24) is 14.3 Å². The molecule has 0 saturated carbocycles. The summed E-state index contributed by atoms with van der Waals surface area (Å²) in [7, 11) is 0. The molecule has 0 aliphatic heterocycles. The first-order valence-electron chi connectivity index (χ1n) is 9.10. The number of ether oxygens (including phenoxy) is 2. The van der Waals surface area contributed by atoms with Crippen molar-refractivity contribution in [3.05, 3.63) is 41.0 Å². The predicted octanol–water partition coefficient (Wildman–Crippen LogP) is 2.62. The minimum absolute atomic E-state index is 0.0304. The van der Waals surface area contributed by atoms with Gasteiger partial charge in [-0.15, -0.1) is 0 Å². The van der Waals surface area contributed by atoms with E-state index in [2.05, 4.69) is 10.1 Å². The Labute approximate surface area is 166 Å². The van der Waals surface area contributed by atoms with Gasteiger partial charge in [0.15, 0.2) is 10.5 Å². The van der Waals surface area contributed by atoms with E-state index in [4.69, 9.17) is 9.47 Å². The summed E-state index contributed by atoms with van der Waals surface area (Å²) < 4.78 is 14.8. The summed E-state index contributed by atoms with van der Waals surface area (Å²) in [6.45, 7) is 7.07. The number of carbonyl (C=O) groups excluding carboxylic acids is 2. The number of aryl methyl sites for hydroxylation is 1. The van der Waals surface area contributed by atoms with Crippen molar-refractivity contribution in [2.24, 2.45) is 4.99 Å². The van der Waals surface area contributed by atoms with Gasteiger partial charge in [0, 0.05) is 12.7 Å². The average molecular weight is 402 g/mol. The van der Waals surface area contributed by atoms with Crippen LogP contribution in [0.1, 0.15) is 31.3 Å². The maximum atomic E-state index is 12.6. The fourth-order valence-corrected chi connectivity index (χ4v) is 3.74. The summed E-state index contributed by atoms with van der Waals surface area (Å²) in [6.07, 6.45) is 1.73. The van der Waals surface area contributed by atoms with Gasteiger partial charge in [0.2, 0.25) is 0 Å². The number of hydrogen-bond acceptors (Lipinski definition) is 6. The summed E-state index contributed by atoms with van der Waals surface area (Å²) in [5, 5.41) is 4.19. The standard InChI is InChI=1S/C19H22N4O4S/c1-4-22-10-9-14(21-22)18(25)20-19-23(12-17(24)27-6-3)15-8-7-13(26-5-2)11-16(15)28-19/h7-11H,4-6,12H2,1-3H3. The summed E-state index contributed by atoms with van der Waals surface area (Å²) in [6, 6.07) is 7.19. The molecule has 0 unspecified atom stereocenters. The van der Waals surface area contributed by atoms with Crippen LogP contribution in [0.4, 0.5) is 0 Å². The second kappa shape index (κ2) is 8.83. The number of rotatable bonds is 7. The first-order valence-corrected chi connectivity index (χ1v) is 9.91. The first-order chi connectivity index (χ1) is 13.5. The smallest absolute Gasteiger partial charge is 0.326 e. The molecule has 0 aliphatic rings. The lowest BCUT2D eigenvalue weighted by molar-refractivity contribution is -0.143. The van der Waals surface area contributed by atoms with E-state index < -0.39 is 5.91 Å². The Hall–Kier alpha value is -2.94. The molecule has 0 spiro atoms. The van der Waals surface area contributed by atoms with Crippen LogP contribution < -0.4 is 9.54 Å². The second-order valence-corrected chi connectivity index (χ2v) is 6.82. The summed E-state index contributed by atoms with van der Waals surface area (Å²) in [5.41, 5.74) is 1.05. The number of aromatic nitrogens is 3. The molecule has 0 atom stereocenters. The molecule has 1 aromatic carbocycles. The molecule has 8 nitrogen and oxygen atoms in total. The maximum absolute atomic E-state index is 12.6. The zero-order valence-electron chi connectivity index (χ0n) is 16.0. The van der Waals surface area contributed by atoms with Crippen molar-refractivity contribution in [3.63, 3.8) is 0 Å². The van der Waals surface area contributed by atoms with Crippen molar-refractivity contribution in [2.75, 3.05) is 13.2 Å². The fourth-order valence-electron chi connectivity index (χ4n) is 2.68.